The van der Waals surface area contributed by atoms with E-state index >= 15 is 0 Å². The summed E-state index contributed by atoms with van der Waals surface area (Å²) in [7, 11) is 1.69. The zero-order valence-electron chi connectivity index (χ0n) is 15.3. The van der Waals surface area contributed by atoms with Crippen LogP contribution >= 0.6 is 0 Å². The second-order valence-corrected chi connectivity index (χ2v) is 6.50. The van der Waals surface area contributed by atoms with Gasteiger partial charge in [0.15, 0.2) is 0 Å². The standard InChI is InChI=1S/C21H27N3O2/c1-26-20-11-3-2-7-17(20)8-4-12-22-15-18-9-5-13-23-21(18)24-14-6-10-19(25)16-24/h2-5,7-9,11,13,19,22,25H,6,10,12,14-16H2,1H3/b8-4+. The quantitative estimate of drug-likeness (QED) is 0.750. The van der Waals surface area contributed by atoms with E-state index in [1.165, 1.54) is 0 Å². The van der Waals surface area contributed by atoms with Gasteiger partial charge in [0.25, 0.3) is 0 Å². The number of β-amino-alcohol motifs (C(OH)–C–C–N with tert-alkyl or cyclic N) is 1. The van der Waals surface area contributed by atoms with E-state index in [-0.39, 0.29) is 6.10 Å². The summed E-state index contributed by atoms with van der Waals surface area (Å²) in [6, 6.07) is 12.0. The lowest BCUT2D eigenvalue weighted by molar-refractivity contribution is 0.154. The van der Waals surface area contributed by atoms with Crippen LogP contribution in [0.25, 0.3) is 6.08 Å². The number of nitrogens with one attached hydrogen (secondary N) is 1. The van der Waals surface area contributed by atoms with Crippen molar-refractivity contribution in [1.29, 1.82) is 0 Å². The molecular formula is C21H27N3O2. The molecule has 0 radical (unpaired) electrons. The second-order valence-electron chi connectivity index (χ2n) is 6.50. The van der Waals surface area contributed by atoms with Crippen molar-refractivity contribution < 1.29 is 9.84 Å². The number of hydrogen-bond acceptors (Lipinski definition) is 5. The average Bonchev–Trinajstić information content (AvgIpc) is 2.68. The van der Waals surface area contributed by atoms with Crippen LogP contribution in [0.1, 0.15) is 24.0 Å². The summed E-state index contributed by atoms with van der Waals surface area (Å²) in [6.45, 7) is 3.12. The van der Waals surface area contributed by atoms with Crippen molar-refractivity contribution in [2.45, 2.75) is 25.5 Å². The Hall–Kier alpha value is -2.37. The van der Waals surface area contributed by atoms with E-state index < -0.39 is 0 Å². The molecule has 1 unspecified atom stereocenters. The van der Waals surface area contributed by atoms with Crippen LogP contribution in [0.4, 0.5) is 5.82 Å². The van der Waals surface area contributed by atoms with E-state index in [4.69, 9.17) is 4.74 Å². The van der Waals surface area contributed by atoms with Gasteiger partial charge in [-0.25, -0.2) is 4.98 Å². The van der Waals surface area contributed by atoms with Crippen molar-refractivity contribution in [3.05, 3.63) is 59.8 Å². The maximum Gasteiger partial charge on any atom is 0.133 e. The predicted molar refractivity (Wildman–Crippen MR) is 105 cm³/mol. The molecule has 5 nitrogen and oxygen atoms in total. The van der Waals surface area contributed by atoms with Gasteiger partial charge in [-0.15, -0.1) is 0 Å². The molecule has 0 bridgehead atoms. The van der Waals surface area contributed by atoms with E-state index in [2.05, 4.69) is 33.4 Å². The number of hydrogen-bond donors (Lipinski definition) is 2. The lowest BCUT2D eigenvalue weighted by Gasteiger charge is -2.32. The molecule has 1 aliphatic rings. The van der Waals surface area contributed by atoms with E-state index in [0.29, 0.717) is 6.54 Å². The molecule has 26 heavy (non-hydrogen) atoms. The van der Waals surface area contributed by atoms with Gasteiger partial charge in [-0.3, -0.25) is 0 Å². The van der Waals surface area contributed by atoms with Crippen molar-refractivity contribution in [3.63, 3.8) is 0 Å². The molecule has 2 heterocycles. The first kappa shape index (κ1) is 18.4. The number of rotatable bonds is 7. The van der Waals surface area contributed by atoms with Crippen LogP contribution in [-0.2, 0) is 6.54 Å². The molecule has 1 aliphatic heterocycles. The number of aromatic nitrogens is 1. The summed E-state index contributed by atoms with van der Waals surface area (Å²) in [4.78, 5) is 6.74. The van der Waals surface area contributed by atoms with Gasteiger partial charge in [0.1, 0.15) is 11.6 Å². The molecule has 138 valence electrons. The Bertz CT molecular complexity index is 733. The third-order valence-electron chi connectivity index (χ3n) is 4.58. The van der Waals surface area contributed by atoms with Crippen LogP contribution < -0.4 is 15.0 Å². The lowest BCUT2D eigenvalue weighted by atomic mass is 10.1. The molecule has 0 aliphatic carbocycles. The predicted octanol–water partition coefficient (Wildman–Crippen LogP) is 2.85. The number of methoxy groups -OCH3 is 1. The zero-order valence-corrected chi connectivity index (χ0v) is 15.3. The molecule has 5 heteroatoms. The molecule has 1 saturated heterocycles. The number of pyridine rings is 1. The fourth-order valence-corrected chi connectivity index (χ4v) is 3.28. The monoisotopic (exact) mass is 353 g/mol. The molecular weight excluding hydrogens is 326 g/mol. The number of anilines is 1. The first-order valence-corrected chi connectivity index (χ1v) is 9.15. The van der Waals surface area contributed by atoms with Gasteiger partial charge in [0.05, 0.1) is 13.2 Å². The van der Waals surface area contributed by atoms with Crippen LogP contribution in [0.2, 0.25) is 0 Å². The lowest BCUT2D eigenvalue weighted by Crippen LogP contribution is -2.39. The van der Waals surface area contributed by atoms with Crippen molar-refractivity contribution >= 4 is 11.9 Å². The zero-order chi connectivity index (χ0) is 18.2. The highest BCUT2D eigenvalue weighted by molar-refractivity contribution is 5.57. The number of aliphatic hydroxyl groups is 1. The van der Waals surface area contributed by atoms with Crippen LogP contribution in [-0.4, -0.2) is 42.9 Å². The number of aliphatic hydroxyl groups excluding tert-OH is 1. The van der Waals surface area contributed by atoms with E-state index in [9.17, 15) is 5.11 Å². The van der Waals surface area contributed by atoms with Gasteiger partial charge in [0, 0.05) is 43.5 Å². The van der Waals surface area contributed by atoms with Crippen molar-refractivity contribution in [1.82, 2.24) is 10.3 Å². The Balaban J connectivity index is 1.56. The van der Waals surface area contributed by atoms with E-state index in [0.717, 1.165) is 55.2 Å². The highest BCUT2D eigenvalue weighted by Crippen LogP contribution is 2.22. The minimum absolute atomic E-state index is 0.254. The Morgan fingerprint density at radius 3 is 3.04 bits per heavy atom. The molecule has 0 spiro atoms. The normalized spacial score (nSPS) is 17.6. The first-order chi connectivity index (χ1) is 12.8. The van der Waals surface area contributed by atoms with Crippen LogP contribution in [0.5, 0.6) is 5.75 Å². The molecule has 0 amide bonds. The van der Waals surface area contributed by atoms with Crippen LogP contribution in [0.15, 0.2) is 48.7 Å². The Labute approximate surface area is 155 Å². The maximum absolute atomic E-state index is 9.92. The molecule has 0 saturated carbocycles. The fraction of sp³-hybridized carbons (Fsp3) is 0.381. The molecule has 1 aromatic carbocycles. The van der Waals surface area contributed by atoms with E-state index in [1.807, 2.05) is 36.5 Å². The summed E-state index contributed by atoms with van der Waals surface area (Å²) < 4.78 is 5.36. The molecule has 3 rings (SSSR count). The smallest absolute Gasteiger partial charge is 0.133 e. The minimum Gasteiger partial charge on any atom is -0.496 e. The second kappa shape index (κ2) is 9.36. The summed E-state index contributed by atoms with van der Waals surface area (Å²) in [5.41, 5.74) is 2.23. The topological polar surface area (TPSA) is 57.6 Å². The summed E-state index contributed by atoms with van der Waals surface area (Å²) in [6.07, 6.45) is 7.61. The SMILES string of the molecule is COc1ccccc1/C=C/CNCc1cccnc1N1CCCC(O)C1. The molecule has 1 fully saturated rings. The maximum atomic E-state index is 9.92. The summed E-state index contributed by atoms with van der Waals surface area (Å²) in [5.74, 6) is 1.86. The Morgan fingerprint density at radius 1 is 1.31 bits per heavy atom. The first-order valence-electron chi connectivity index (χ1n) is 9.15. The van der Waals surface area contributed by atoms with Crippen LogP contribution in [0, 0.1) is 0 Å². The van der Waals surface area contributed by atoms with Crippen LogP contribution in [0.3, 0.4) is 0 Å². The number of piperidine rings is 1. The number of para-hydroxylation sites is 1. The number of benzene rings is 1. The Morgan fingerprint density at radius 2 is 2.19 bits per heavy atom. The Kier molecular flexibility index (Phi) is 6.63. The molecule has 1 atom stereocenters. The molecule has 1 aromatic heterocycles. The van der Waals surface area contributed by atoms with Crippen molar-refractivity contribution in [2.75, 3.05) is 31.6 Å². The number of ether oxygens (including phenoxy) is 1. The number of nitrogens with zero attached hydrogens (tertiary/aromatic N) is 2. The average molecular weight is 353 g/mol. The third-order valence-corrected chi connectivity index (χ3v) is 4.58. The van der Waals surface area contributed by atoms with Gasteiger partial charge in [0.2, 0.25) is 0 Å². The van der Waals surface area contributed by atoms with Gasteiger partial charge in [-0.2, -0.15) is 0 Å². The molecule has 2 N–H and O–H groups in total. The van der Waals surface area contributed by atoms with Crippen molar-refractivity contribution in [2.24, 2.45) is 0 Å². The van der Waals surface area contributed by atoms with Gasteiger partial charge < -0.3 is 20.1 Å². The van der Waals surface area contributed by atoms with Gasteiger partial charge in [-0.05, 0) is 25.0 Å². The highest BCUT2D eigenvalue weighted by Gasteiger charge is 2.20. The van der Waals surface area contributed by atoms with E-state index in [1.54, 1.807) is 7.11 Å². The molecule has 2 aromatic rings. The minimum atomic E-state index is -0.254. The summed E-state index contributed by atoms with van der Waals surface area (Å²) >= 11 is 0. The highest BCUT2D eigenvalue weighted by atomic mass is 16.5. The largest absolute Gasteiger partial charge is 0.496 e. The third kappa shape index (κ3) is 4.84. The van der Waals surface area contributed by atoms with Gasteiger partial charge >= 0.3 is 0 Å². The van der Waals surface area contributed by atoms with Crippen molar-refractivity contribution in [3.8, 4) is 5.75 Å². The van der Waals surface area contributed by atoms with Gasteiger partial charge in [-0.1, -0.05) is 36.4 Å². The summed E-state index contributed by atoms with van der Waals surface area (Å²) in [5, 5.41) is 13.4. The fourth-order valence-electron chi connectivity index (χ4n) is 3.28.